The summed E-state index contributed by atoms with van der Waals surface area (Å²) in [6.45, 7) is 2.45. The molecule has 2 aliphatic rings. The Balaban J connectivity index is 0.00000171. The molecule has 3 heterocycles. The monoisotopic (exact) mass is 457 g/mol. The molecule has 6 N–H and O–H groups in total. The van der Waals surface area contributed by atoms with Gasteiger partial charge in [-0.15, -0.1) is 12.4 Å². The molecule has 12 heteroatoms. The molecule has 2 aromatic rings. The number of amides is 1. The number of pyridine rings is 2. The van der Waals surface area contributed by atoms with Crippen LogP contribution in [0.5, 0.6) is 0 Å². The number of carboxylic acids is 1. The second-order valence-electron chi connectivity index (χ2n) is 7.71. The Bertz CT molecular complexity index is 1070. The summed E-state index contributed by atoms with van der Waals surface area (Å²) >= 11 is 0. The zero-order chi connectivity index (χ0) is 20.9. The molecule has 0 radical (unpaired) electrons. The highest BCUT2D eigenvalue weighted by Gasteiger charge is 2.31. The molecule has 10 nitrogen and oxygen atoms in total. The number of carbonyl (C=O) groups is 2. The van der Waals surface area contributed by atoms with Crippen molar-refractivity contribution in [1.29, 1.82) is 0 Å². The average molecular weight is 458 g/mol. The summed E-state index contributed by atoms with van der Waals surface area (Å²) in [6, 6.07) is 0.319. The molecular weight excluding hydrogens is 433 g/mol. The summed E-state index contributed by atoms with van der Waals surface area (Å²) < 4.78 is 16.5. The molecule has 31 heavy (non-hydrogen) atoms. The van der Waals surface area contributed by atoms with Gasteiger partial charge in [0.2, 0.25) is 11.3 Å². The highest BCUT2D eigenvalue weighted by molar-refractivity contribution is 5.92. The first kappa shape index (κ1) is 24.5. The molecule has 0 spiro atoms. The number of aromatic nitrogens is 2. The number of nitrogens with two attached hydrogens (primary N) is 1. The molecule has 1 aliphatic carbocycles. The standard InChI is InChI=1S/C19H22FN5O4.ClH.H2O/c1-9(21)18(27)22-10-4-5-24(7-10)17-14(20)6-12-15(26)13(19(28)29)8-25(11-2-3-11)16(12)23-17;;/h6,8-11H,2-5,7,21H2,1H3,(H,22,27)(H,28,29);1H;1H2/t9-,10?;;/m1../s1. The Kier molecular flexibility index (Phi) is 7.25. The first-order chi connectivity index (χ1) is 13.8. The van der Waals surface area contributed by atoms with E-state index < -0.39 is 28.8 Å². The van der Waals surface area contributed by atoms with Gasteiger partial charge in [0.1, 0.15) is 11.2 Å². The number of hydrogen-bond acceptors (Lipinski definition) is 6. The Morgan fingerprint density at radius 1 is 1.35 bits per heavy atom. The predicted molar refractivity (Wildman–Crippen MR) is 114 cm³/mol. The number of halogens is 2. The van der Waals surface area contributed by atoms with Crippen molar-refractivity contribution < 1.29 is 24.6 Å². The zero-order valence-electron chi connectivity index (χ0n) is 16.8. The van der Waals surface area contributed by atoms with Crippen LogP contribution in [-0.2, 0) is 4.79 Å². The van der Waals surface area contributed by atoms with Crippen LogP contribution in [0.1, 0.15) is 42.6 Å². The van der Waals surface area contributed by atoms with Crippen LogP contribution in [0.25, 0.3) is 11.0 Å². The van der Waals surface area contributed by atoms with Gasteiger partial charge in [0.05, 0.1) is 11.4 Å². The van der Waals surface area contributed by atoms with E-state index in [-0.39, 0.29) is 52.7 Å². The normalized spacial score (nSPS) is 18.8. The van der Waals surface area contributed by atoms with Crippen LogP contribution in [0.3, 0.4) is 0 Å². The summed E-state index contributed by atoms with van der Waals surface area (Å²) in [4.78, 5) is 41.9. The Morgan fingerprint density at radius 2 is 2.03 bits per heavy atom. The summed E-state index contributed by atoms with van der Waals surface area (Å²) in [5, 5.41) is 12.1. The van der Waals surface area contributed by atoms with Crippen molar-refractivity contribution >= 4 is 41.1 Å². The largest absolute Gasteiger partial charge is 0.477 e. The van der Waals surface area contributed by atoms with Crippen LogP contribution in [0.4, 0.5) is 10.2 Å². The molecule has 0 aromatic carbocycles. The molecule has 2 aromatic heterocycles. The van der Waals surface area contributed by atoms with Crippen LogP contribution in [-0.4, -0.2) is 57.2 Å². The molecule has 1 aliphatic heterocycles. The topological polar surface area (TPSA) is 162 Å². The lowest BCUT2D eigenvalue weighted by atomic mass is 10.2. The van der Waals surface area contributed by atoms with Gasteiger partial charge in [0.15, 0.2) is 11.6 Å². The summed E-state index contributed by atoms with van der Waals surface area (Å²) in [7, 11) is 0. The van der Waals surface area contributed by atoms with Crippen molar-refractivity contribution in [1.82, 2.24) is 14.9 Å². The van der Waals surface area contributed by atoms with E-state index in [4.69, 9.17) is 5.73 Å². The fourth-order valence-corrected chi connectivity index (χ4v) is 3.65. The number of carbonyl (C=O) groups excluding carboxylic acids is 1. The highest BCUT2D eigenvalue weighted by atomic mass is 35.5. The number of nitrogens with zero attached hydrogens (tertiary/aromatic N) is 3. The van der Waals surface area contributed by atoms with Crippen LogP contribution >= 0.6 is 12.4 Å². The quantitative estimate of drug-likeness (QED) is 0.577. The minimum absolute atomic E-state index is 0. The minimum Gasteiger partial charge on any atom is -0.477 e. The smallest absolute Gasteiger partial charge is 0.341 e. The minimum atomic E-state index is -1.34. The molecule has 1 unspecified atom stereocenters. The van der Waals surface area contributed by atoms with E-state index in [1.807, 2.05) is 0 Å². The van der Waals surface area contributed by atoms with Gasteiger partial charge in [-0.2, -0.15) is 0 Å². The third-order valence-corrected chi connectivity index (χ3v) is 5.36. The molecule has 2 atom stereocenters. The maximum Gasteiger partial charge on any atom is 0.341 e. The van der Waals surface area contributed by atoms with Crippen LogP contribution in [0.15, 0.2) is 17.1 Å². The number of carboxylic acid groups (broad SMARTS) is 1. The zero-order valence-corrected chi connectivity index (χ0v) is 17.6. The fraction of sp³-hybridized carbons (Fsp3) is 0.474. The van der Waals surface area contributed by atoms with Gasteiger partial charge in [-0.05, 0) is 32.3 Å². The molecule has 1 amide bonds. The van der Waals surface area contributed by atoms with Gasteiger partial charge in [0.25, 0.3) is 0 Å². The lowest BCUT2D eigenvalue weighted by Gasteiger charge is -2.20. The number of aromatic carboxylic acids is 1. The van der Waals surface area contributed by atoms with Crippen molar-refractivity contribution in [2.45, 2.75) is 44.3 Å². The Hall–Kier alpha value is -2.76. The van der Waals surface area contributed by atoms with Crippen molar-refractivity contribution in [3.05, 3.63) is 33.9 Å². The third kappa shape index (κ3) is 4.63. The third-order valence-electron chi connectivity index (χ3n) is 5.36. The van der Waals surface area contributed by atoms with Crippen molar-refractivity contribution in [3.63, 3.8) is 0 Å². The van der Waals surface area contributed by atoms with Gasteiger partial charge in [0, 0.05) is 31.4 Å². The van der Waals surface area contributed by atoms with Gasteiger partial charge in [-0.3, -0.25) is 9.59 Å². The predicted octanol–water partition coefficient (Wildman–Crippen LogP) is 0.208. The molecule has 1 saturated heterocycles. The number of nitrogens with one attached hydrogen (secondary N) is 1. The lowest BCUT2D eigenvalue weighted by Crippen LogP contribution is -2.45. The van der Waals surface area contributed by atoms with E-state index in [2.05, 4.69) is 10.3 Å². The van der Waals surface area contributed by atoms with Gasteiger partial charge in [-0.1, -0.05) is 0 Å². The lowest BCUT2D eigenvalue weighted by molar-refractivity contribution is -0.122. The highest BCUT2D eigenvalue weighted by Crippen LogP contribution is 2.37. The second kappa shape index (κ2) is 9.16. The first-order valence-corrected chi connectivity index (χ1v) is 9.56. The second-order valence-corrected chi connectivity index (χ2v) is 7.71. The van der Waals surface area contributed by atoms with Gasteiger partial charge < -0.3 is 31.1 Å². The molecule has 1 saturated carbocycles. The SMILES string of the molecule is C[C@@H](N)C(=O)NC1CCN(c2nc3c(cc2F)c(=O)c(C(=O)O)cn3C2CC2)C1.Cl.O. The number of hydrogen-bond donors (Lipinski definition) is 3. The van der Waals surface area contributed by atoms with Crippen molar-refractivity contribution in [2.24, 2.45) is 5.73 Å². The molecule has 170 valence electrons. The number of anilines is 1. The van der Waals surface area contributed by atoms with E-state index in [0.29, 0.717) is 19.5 Å². The van der Waals surface area contributed by atoms with E-state index in [0.717, 1.165) is 18.9 Å². The maximum absolute atomic E-state index is 14.8. The van der Waals surface area contributed by atoms with Crippen molar-refractivity contribution in [2.75, 3.05) is 18.0 Å². The molecule has 2 fully saturated rings. The van der Waals surface area contributed by atoms with Crippen molar-refractivity contribution in [3.8, 4) is 0 Å². The van der Waals surface area contributed by atoms with E-state index in [1.54, 1.807) is 16.4 Å². The summed E-state index contributed by atoms with van der Waals surface area (Å²) in [5.41, 5.74) is 4.72. The fourth-order valence-electron chi connectivity index (χ4n) is 3.65. The van der Waals surface area contributed by atoms with Crippen LogP contribution in [0, 0.1) is 5.82 Å². The number of fused-ring (bicyclic) bond motifs is 1. The average Bonchev–Trinajstić information content (AvgIpc) is 3.40. The van der Waals surface area contributed by atoms with Gasteiger partial charge in [-0.25, -0.2) is 14.2 Å². The van der Waals surface area contributed by atoms with Crippen LogP contribution < -0.4 is 21.4 Å². The molecular formula is C19H25ClFN5O5. The Morgan fingerprint density at radius 3 is 2.61 bits per heavy atom. The molecule has 4 rings (SSSR count). The maximum atomic E-state index is 14.8. The van der Waals surface area contributed by atoms with E-state index >= 15 is 0 Å². The molecule has 0 bridgehead atoms. The Labute approximate surface area is 182 Å². The summed E-state index contributed by atoms with van der Waals surface area (Å²) in [6.07, 6.45) is 3.61. The van der Waals surface area contributed by atoms with E-state index in [9.17, 15) is 23.9 Å². The van der Waals surface area contributed by atoms with Crippen LogP contribution in [0.2, 0.25) is 0 Å². The summed E-state index contributed by atoms with van der Waals surface area (Å²) in [5.74, 6) is -2.22. The van der Waals surface area contributed by atoms with Gasteiger partial charge >= 0.3 is 5.97 Å². The van der Waals surface area contributed by atoms with E-state index in [1.165, 1.54) is 6.20 Å². The number of rotatable bonds is 5. The first-order valence-electron chi connectivity index (χ1n) is 9.56.